The topological polar surface area (TPSA) is 78.9 Å². The van der Waals surface area contributed by atoms with Crippen molar-refractivity contribution in [3.8, 4) is 11.5 Å². The minimum atomic E-state index is -0.781. The smallest absolute Gasteiger partial charge is 0.343 e. The normalized spacial score (nSPS) is 10.7. The van der Waals surface area contributed by atoms with Gasteiger partial charge in [0.05, 0.1) is 14.2 Å². The fraction of sp³-hybridized carbons (Fsp3) is 0.115. The van der Waals surface area contributed by atoms with Crippen LogP contribution in [-0.4, -0.2) is 38.4 Å². The molecule has 0 spiro atoms. The van der Waals surface area contributed by atoms with Gasteiger partial charge in [-0.3, -0.25) is 9.59 Å². The van der Waals surface area contributed by atoms with Crippen LogP contribution in [0.2, 0.25) is 0 Å². The summed E-state index contributed by atoms with van der Waals surface area (Å²) in [5, 5.41) is 0. The molecule has 0 aliphatic rings. The van der Waals surface area contributed by atoms with Crippen LogP contribution in [0.25, 0.3) is 6.08 Å². The van der Waals surface area contributed by atoms with Crippen LogP contribution in [0.4, 0.5) is 0 Å². The zero-order chi connectivity index (χ0) is 24.7. The number of ketones is 2. The molecule has 0 N–H and O–H groups in total. The van der Waals surface area contributed by atoms with Crippen LogP contribution >= 0.6 is 31.9 Å². The SMILES string of the molecule is COc1ccc(C=CC(=O)c2ccc(Br)cc2)c(C(=O)OCC(=O)c2ccc(Br)cc2)c1OC. The highest BCUT2D eigenvalue weighted by Crippen LogP contribution is 2.35. The van der Waals surface area contributed by atoms with E-state index in [9.17, 15) is 14.4 Å². The van der Waals surface area contributed by atoms with Crippen molar-refractivity contribution >= 4 is 55.5 Å². The zero-order valence-corrected chi connectivity index (χ0v) is 21.5. The van der Waals surface area contributed by atoms with Crippen molar-refractivity contribution in [1.29, 1.82) is 0 Å². The van der Waals surface area contributed by atoms with E-state index in [0.717, 1.165) is 8.95 Å². The van der Waals surface area contributed by atoms with Gasteiger partial charge in [0.2, 0.25) is 0 Å². The molecule has 0 saturated heterocycles. The summed E-state index contributed by atoms with van der Waals surface area (Å²) < 4.78 is 17.7. The maximum absolute atomic E-state index is 13.0. The minimum Gasteiger partial charge on any atom is -0.493 e. The van der Waals surface area contributed by atoms with Crippen LogP contribution in [0.1, 0.15) is 36.6 Å². The summed E-state index contributed by atoms with van der Waals surface area (Å²) in [6.45, 7) is -0.457. The lowest BCUT2D eigenvalue weighted by atomic mass is 10.0. The molecule has 34 heavy (non-hydrogen) atoms. The van der Waals surface area contributed by atoms with Crippen LogP contribution < -0.4 is 9.47 Å². The first-order valence-corrected chi connectivity index (χ1v) is 11.6. The molecule has 0 aliphatic carbocycles. The summed E-state index contributed by atoms with van der Waals surface area (Å²) in [6, 6.07) is 16.9. The molecule has 0 aromatic heterocycles. The maximum atomic E-state index is 13.0. The molecule has 0 heterocycles. The first-order chi connectivity index (χ1) is 16.3. The van der Waals surface area contributed by atoms with Crippen LogP contribution in [-0.2, 0) is 4.74 Å². The molecule has 174 valence electrons. The minimum absolute atomic E-state index is 0.0466. The van der Waals surface area contributed by atoms with Gasteiger partial charge in [-0.15, -0.1) is 0 Å². The summed E-state index contributed by atoms with van der Waals surface area (Å²) in [7, 11) is 2.83. The van der Waals surface area contributed by atoms with Crippen molar-refractivity contribution in [2.45, 2.75) is 0 Å². The van der Waals surface area contributed by atoms with E-state index in [0.29, 0.717) is 22.4 Å². The fourth-order valence-electron chi connectivity index (χ4n) is 3.09. The van der Waals surface area contributed by atoms with Crippen molar-refractivity contribution in [1.82, 2.24) is 0 Å². The summed E-state index contributed by atoms with van der Waals surface area (Å²) in [5.41, 5.74) is 1.33. The third kappa shape index (κ3) is 6.21. The highest BCUT2D eigenvalue weighted by Gasteiger charge is 2.23. The van der Waals surface area contributed by atoms with Gasteiger partial charge in [0.15, 0.2) is 29.7 Å². The van der Waals surface area contributed by atoms with E-state index in [2.05, 4.69) is 31.9 Å². The molecular formula is C26H20Br2O6. The standard InChI is InChI=1S/C26H20Br2O6/c1-32-23-14-8-18(7-13-21(29)16-3-9-19(27)10-4-16)24(25(23)33-2)26(31)34-15-22(30)17-5-11-20(28)12-6-17/h3-14H,15H2,1-2H3. The number of esters is 1. The molecule has 0 amide bonds. The predicted octanol–water partition coefficient (Wildman–Crippen LogP) is 6.16. The van der Waals surface area contributed by atoms with Crippen molar-refractivity contribution in [3.63, 3.8) is 0 Å². The van der Waals surface area contributed by atoms with Crippen molar-refractivity contribution in [3.05, 3.63) is 97.9 Å². The first-order valence-electron chi connectivity index (χ1n) is 10.0. The Hall–Kier alpha value is -3.23. The highest BCUT2D eigenvalue weighted by atomic mass is 79.9. The Balaban J connectivity index is 1.87. The fourth-order valence-corrected chi connectivity index (χ4v) is 3.62. The number of rotatable bonds is 9. The number of carbonyl (C=O) groups excluding carboxylic acids is 3. The van der Waals surface area contributed by atoms with Crippen LogP contribution in [0.3, 0.4) is 0 Å². The van der Waals surface area contributed by atoms with Gasteiger partial charge in [-0.25, -0.2) is 4.79 Å². The largest absolute Gasteiger partial charge is 0.493 e. The lowest BCUT2D eigenvalue weighted by Crippen LogP contribution is -2.16. The molecule has 0 saturated carbocycles. The lowest BCUT2D eigenvalue weighted by molar-refractivity contribution is 0.0470. The Morgan fingerprint density at radius 3 is 1.94 bits per heavy atom. The van der Waals surface area contributed by atoms with E-state index < -0.39 is 12.6 Å². The van der Waals surface area contributed by atoms with Crippen molar-refractivity contribution in [2.24, 2.45) is 0 Å². The molecule has 8 heteroatoms. The highest BCUT2D eigenvalue weighted by molar-refractivity contribution is 9.10. The number of hydrogen-bond donors (Lipinski definition) is 0. The molecule has 0 atom stereocenters. The van der Waals surface area contributed by atoms with E-state index >= 15 is 0 Å². The van der Waals surface area contributed by atoms with Gasteiger partial charge >= 0.3 is 5.97 Å². The number of methoxy groups -OCH3 is 2. The monoisotopic (exact) mass is 586 g/mol. The summed E-state index contributed by atoms with van der Waals surface area (Å²) >= 11 is 6.65. The van der Waals surface area contributed by atoms with Gasteiger partial charge in [0.25, 0.3) is 0 Å². The molecule has 0 bridgehead atoms. The second-order valence-corrected chi connectivity index (χ2v) is 8.81. The molecule has 0 fully saturated rings. The molecule has 6 nitrogen and oxygen atoms in total. The molecule has 0 radical (unpaired) electrons. The predicted molar refractivity (Wildman–Crippen MR) is 136 cm³/mol. The number of allylic oxidation sites excluding steroid dienone is 1. The Morgan fingerprint density at radius 2 is 1.38 bits per heavy atom. The molecule has 0 aliphatic heterocycles. The number of carbonyl (C=O) groups is 3. The Morgan fingerprint density at radius 1 is 0.794 bits per heavy atom. The second kappa shape index (κ2) is 11.8. The summed E-state index contributed by atoms with van der Waals surface area (Å²) in [5.74, 6) is -0.930. The molecule has 3 aromatic carbocycles. The quantitative estimate of drug-likeness (QED) is 0.169. The Kier molecular flexibility index (Phi) is 8.79. The number of ether oxygens (including phenoxy) is 3. The van der Waals surface area contributed by atoms with E-state index in [1.54, 1.807) is 60.7 Å². The third-order valence-corrected chi connectivity index (χ3v) is 5.88. The first kappa shape index (κ1) is 25.4. The van der Waals surface area contributed by atoms with Crippen LogP contribution in [0, 0.1) is 0 Å². The molecule has 0 unspecified atom stereocenters. The molecule has 3 aromatic rings. The Bertz CT molecular complexity index is 1230. The van der Waals surface area contributed by atoms with E-state index in [1.165, 1.54) is 26.4 Å². The van der Waals surface area contributed by atoms with Gasteiger partial charge < -0.3 is 14.2 Å². The van der Waals surface area contributed by atoms with Gasteiger partial charge in [-0.05, 0) is 54.1 Å². The number of halogens is 2. The summed E-state index contributed by atoms with van der Waals surface area (Å²) in [6.07, 6.45) is 2.85. The number of Topliss-reactive ketones (excluding diaryl/α,β-unsaturated/α-hetero) is 1. The zero-order valence-electron chi connectivity index (χ0n) is 18.3. The van der Waals surface area contributed by atoms with Crippen LogP contribution in [0.5, 0.6) is 11.5 Å². The molecular weight excluding hydrogens is 568 g/mol. The maximum Gasteiger partial charge on any atom is 0.343 e. The van der Waals surface area contributed by atoms with Crippen molar-refractivity contribution in [2.75, 3.05) is 20.8 Å². The van der Waals surface area contributed by atoms with E-state index in [4.69, 9.17) is 14.2 Å². The van der Waals surface area contributed by atoms with E-state index in [1.807, 2.05) is 0 Å². The van der Waals surface area contributed by atoms with Crippen LogP contribution in [0.15, 0.2) is 75.7 Å². The third-order valence-electron chi connectivity index (χ3n) is 4.83. The van der Waals surface area contributed by atoms with Gasteiger partial charge in [0, 0.05) is 20.1 Å². The average Bonchev–Trinajstić information content (AvgIpc) is 2.85. The lowest BCUT2D eigenvalue weighted by Gasteiger charge is -2.14. The number of hydrogen-bond acceptors (Lipinski definition) is 6. The van der Waals surface area contributed by atoms with Crippen molar-refractivity contribution < 1.29 is 28.6 Å². The second-order valence-electron chi connectivity index (χ2n) is 6.98. The van der Waals surface area contributed by atoms with Gasteiger partial charge in [-0.1, -0.05) is 56.1 Å². The summed E-state index contributed by atoms with van der Waals surface area (Å²) in [4.78, 5) is 38.0. The molecule has 3 rings (SSSR count). The van der Waals surface area contributed by atoms with Gasteiger partial charge in [-0.2, -0.15) is 0 Å². The Labute approximate surface area is 213 Å². The van der Waals surface area contributed by atoms with E-state index in [-0.39, 0.29) is 22.9 Å². The van der Waals surface area contributed by atoms with Gasteiger partial charge in [0.1, 0.15) is 5.56 Å². The number of benzene rings is 3. The average molecular weight is 588 g/mol.